The second-order valence-corrected chi connectivity index (χ2v) is 8.01. The molecule has 0 saturated heterocycles. The van der Waals surface area contributed by atoms with Crippen molar-refractivity contribution < 1.29 is 0 Å². The summed E-state index contributed by atoms with van der Waals surface area (Å²) in [6.07, 6.45) is 5.86. The summed E-state index contributed by atoms with van der Waals surface area (Å²) in [6.45, 7) is 4.60. The van der Waals surface area contributed by atoms with Crippen LogP contribution in [0.2, 0.25) is 0 Å². The minimum atomic E-state index is 0.291. The van der Waals surface area contributed by atoms with Gasteiger partial charge >= 0.3 is 0 Å². The van der Waals surface area contributed by atoms with E-state index in [0.29, 0.717) is 23.2 Å². The summed E-state index contributed by atoms with van der Waals surface area (Å²) in [5.41, 5.74) is 6.21. The van der Waals surface area contributed by atoms with Gasteiger partial charge in [0, 0.05) is 24.0 Å². The van der Waals surface area contributed by atoms with Crippen LogP contribution in [0.3, 0.4) is 0 Å². The Hall–Kier alpha value is -3.06. The fourth-order valence-electron chi connectivity index (χ4n) is 3.60. The van der Waals surface area contributed by atoms with Gasteiger partial charge in [0.05, 0.1) is 11.6 Å². The molecular weight excluding hydrogens is 332 g/mol. The van der Waals surface area contributed by atoms with Gasteiger partial charge in [0.25, 0.3) is 0 Å². The zero-order chi connectivity index (χ0) is 18.9. The molecule has 0 unspecified atom stereocenters. The minimum absolute atomic E-state index is 0.291. The second-order valence-electron chi connectivity index (χ2n) is 8.01. The lowest BCUT2D eigenvalue weighted by Crippen LogP contribution is -2.23. The SMILES string of the molecule is CC1(C)CCc2cnc(-c3cccc(Cc4cccc(C#N)c4)n3)nc2C1. The van der Waals surface area contributed by atoms with Crippen molar-refractivity contribution in [1.29, 1.82) is 5.26 Å². The molecule has 134 valence electrons. The first-order valence-corrected chi connectivity index (χ1v) is 9.33. The molecule has 2 aromatic heterocycles. The zero-order valence-electron chi connectivity index (χ0n) is 15.7. The highest BCUT2D eigenvalue weighted by molar-refractivity contribution is 5.50. The van der Waals surface area contributed by atoms with Gasteiger partial charge in [-0.25, -0.2) is 15.0 Å². The lowest BCUT2D eigenvalue weighted by atomic mass is 9.77. The maximum absolute atomic E-state index is 9.07. The van der Waals surface area contributed by atoms with Crippen molar-refractivity contribution in [3.05, 3.63) is 76.7 Å². The Kier molecular flexibility index (Phi) is 4.45. The van der Waals surface area contributed by atoms with Crippen molar-refractivity contribution in [3.63, 3.8) is 0 Å². The van der Waals surface area contributed by atoms with E-state index in [4.69, 9.17) is 15.2 Å². The first-order valence-electron chi connectivity index (χ1n) is 9.33. The number of rotatable bonds is 3. The standard InChI is InChI=1S/C23H22N4/c1-23(2)10-9-18-15-25-22(27-21(18)13-23)20-8-4-7-19(26-20)12-16-5-3-6-17(11-16)14-24/h3-8,11,15H,9-10,12-13H2,1-2H3. The molecule has 0 amide bonds. The van der Waals surface area contributed by atoms with Crippen LogP contribution in [0, 0.1) is 16.7 Å². The fourth-order valence-corrected chi connectivity index (χ4v) is 3.60. The van der Waals surface area contributed by atoms with Gasteiger partial charge in [-0.1, -0.05) is 32.0 Å². The van der Waals surface area contributed by atoms with Crippen LogP contribution in [-0.2, 0) is 19.3 Å². The highest BCUT2D eigenvalue weighted by atomic mass is 14.9. The smallest absolute Gasteiger partial charge is 0.178 e. The van der Waals surface area contributed by atoms with Crippen LogP contribution in [0.25, 0.3) is 11.5 Å². The van der Waals surface area contributed by atoms with Gasteiger partial charge in [0.15, 0.2) is 5.82 Å². The molecule has 3 aromatic rings. The summed E-state index contributed by atoms with van der Waals surface area (Å²) in [5, 5.41) is 9.07. The van der Waals surface area contributed by atoms with E-state index >= 15 is 0 Å². The molecule has 4 heteroatoms. The summed E-state index contributed by atoms with van der Waals surface area (Å²) in [6, 6.07) is 15.8. The van der Waals surface area contributed by atoms with E-state index in [1.165, 1.54) is 12.0 Å². The summed E-state index contributed by atoms with van der Waals surface area (Å²) in [5.74, 6) is 0.694. The van der Waals surface area contributed by atoms with E-state index in [1.54, 1.807) is 0 Å². The first-order chi connectivity index (χ1) is 13.0. The Labute approximate surface area is 160 Å². The number of nitriles is 1. The minimum Gasteiger partial charge on any atom is -0.249 e. The number of pyridine rings is 1. The monoisotopic (exact) mass is 354 g/mol. The van der Waals surface area contributed by atoms with E-state index in [9.17, 15) is 0 Å². The number of nitrogens with zero attached hydrogens (tertiary/aromatic N) is 4. The molecule has 1 aliphatic carbocycles. The Morgan fingerprint density at radius 3 is 2.81 bits per heavy atom. The molecule has 0 N–H and O–H groups in total. The van der Waals surface area contributed by atoms with Crippen LogP contribution in [0.4, 0.5) is 0 Å². The first kappa shape index (κ1) is 17.4. The van der Waals surface area contributed by atoms with Gasteiger partial charge in [-0.3, -0.25) is 0 Å². The normalized spacial score (nSPS) is 15.0. The van der Waals surface area contributed by atoms with Gasteiger partial charge < -0.3 is 0 Å². The van der Waals surface area contributed by atoms with Gasteiger partial charge in [0.1, 0.15) is 5.69 Å². The zero-order valence-corrected chi connectivity index (χ0v) is 15.7. The number of benzene rings is 1. The molecule has 0 radical (unpaired) electrons. The summed E-state index contributed by atoms with van der Waals surface area (Å²) < 4.78 is 0. The Balaban J connectivity index is 1.62. The Bertz CT molecular complexity index is 1030. The van der Waals surface area contributed by atoms with Gasteiger partial charge in [-0.05, 0) is 60.1 Å². The number of hydrogen-bond donors (Lipinski definition) is 0. The molecule has 0 bridgehead atoms. The molecule has 1 aliphatic rings. The molecular formula is C23H22N4. The van der Waals surface area contributed by atoms with Gasteiger partial charge in [0.2, 0.25) is 0 Å². The lowest BCUT2D eigenvalue weighted by molar-refractivity contribution is 0.310. The third-order valence-electron chi connectivity index (χ3n) is 5.15. The van der Waals surface area contributed by atoms with Gasteiger partial charge in [-0.2, -0.15) is 5.26 Å². The van der Waals surface area contributed by atoms with Crippen molar-refractivity contribution in [2.45, 2.75) is 39.5 Å². The summed E-state index contributed by atoms with van der Waals surface area (Å²) in [7, 11) is 0. The topological polar surface area (TPSA) is 62.5 Å². The van der Waals surface area contributed by atoms with Crippen LogP contribution < -0.4 is 0 Å². The Morgan fingerprint density at radius 2 is 1.96 bits per heavy atom. The van der Waals surface area contributed by atoms with E-state index in [-0.39, 0.29) is 0 Å². The maximum atomic E-state index is 9.07. The molecule has 0 aliphatic heterocycles. The predicted octanol–water partition coefficient (Wildman–Crippen LogP) is 4.52. The average molecular weight is 354 g/mol. The van der Waals surface area contributed by atoms with E-state index in [1.807, 2.05) is 48.7 Å². The fraction of sp³-hybridized carbons (Fsp3) is 0.304. The third-order valence-corrected chi connectivity index (χ3v) is 5.15. The number of hydrogen-bond acceptors (Lipinski definition) is 4. The van der Waals surface area contributed by atoms with Crippen molar-refractivity contribution in [1.82, 2.24) is 15.0 Å². The molecule has 27 heavy (non-hydrogen) atoms. The number of aromatic nitrogens is 3. The molecule has 4 rings (SSSR count). The molecule has 4 nitrogen and oxygen atoms in total. The third kappa shape index (κ3) is 3.88. The quantitative estimate of drug-likeness (QED) is 0.694. The van der Waals surface area contributed by atoms with Crippen LogP contribution in [-0.4, -0.2) is 15.0 Å². The molecule has 0 saturated carbocycles. The van der Waals surface area contributed by atoms with Crippen molar-refractivity contribution in [2.75, 3.05) is 0 Å². The van der Waals surface area contributed by atoms with E-state index < -0.39 is 0 Å². The highest BCUT2D eigenvalue weighted by Gasteiger charge is 2.26. The van der Waals surface area contributed by atoms with Gasteiger partial charge in [-0.15, -0.1) is 0 Å². The summed E-state index contributed by atoms with van der Waals surface area (Å²) in [4.78, 5) is 14.2. The van der Waals surface area contributed by atoms with Crippen LogP contribution >= 0.6 is 0 Å². The molecule has 0 fully saturated rings. The van der Waals surface area contributed by atoms with E-state index in [2.05, 4.69) is 24.9 Å². The molecule has 1 aromatic carbocycles. The maximum Gasteiger partial charge on any atom is 0.178 e. The van der Waals surface area contributed by atoms with Crippen LogP contribution in [0.5, 0.6) is 0 Å². The van der Waals surface area contributed by atoms with Crippen molar-refractivity contribution in [3.8, 4) is 17.6 Å². The largest absolute Gasteiger partial charge is 0.249 e. The summed E-state index contributed by atoms with van der Waals surface area (Å²) >= 11 is 0. The van der Waals surface area contributed by atoms with Crippen molar-refractivity contribution in [2.24, 2.45) is 5.41 Å². The predicted molar refractivity (Wildman–Crippen MR) is 105 cm³/mol. The highest BCUT2D eigenvalue weighted by Crippen LogP contribution is 2.34. The average Bonchev–Trinajstić information content (AvgIpc) is 2.67. The Morgan fingerprint density at radius 1 is 1.11 bits per heavy atom. The number of aryl methyl sites for hydroxylation is 1. The van der Waals surface area contributed by atoms with Crippen LogP contribution in [0.15, 0.2) is 48.7 Å². The lowest BCUT2D eigenvalue weighted by Gasteiger charge is -2.30. The van der Waals surface area contributed by atoms with Crippen molar-refractivity contribution >= 4 is 0 Å². The second kappa shape index (κ2) is 6.92. The molecule has 2 heterocycles. The molecule has 0 spiro atoms. The van der Waals surface area contributed by atoms with Crippen LogP contribution in [0.1, 0.15) is 48.3 Å². The number of fused-ring (bicyclic) bond motifs is 1. The molecule has 0 atom stereocenters. The van der Waals surface area contributed by atoms with E-state index in [0.717, 1.165) is 35.5 Å².